The van der Waals surface area contributed by atoms with Crippen LogP contribution in [-0.4, -0.2) is 25.2 Å². The number of nitro groups is 1. The fourth-order valence-electron chi connectivity index (χ4n) is 1.83. The molecule has 1 aromatic heterocycles. The van der Waals surface area contributed by atoms with Crippen LogP contribution in [0.1, 0.15) is 0 Å². The van der Waals surface area contributed by atoms with Gasteiger partial charge in [-0.3, -0.25) is 19.0 Å². The van der Waals surface area contributed by atoms with Gasteiger partial charge in [0.2, 0.25) is 0 Å². The molecule has 0 amide bonds. The highest BCUT2D eigenvalue weighted by Gasteiger charge is 2.24. The van der Waals surface area contributed by atoms with Crippen molar-refractivity contribution in [2.45, 2.75) is 5.03 Å². The van der Waals surface area contributed by atoms with E-state index in [2.05, 4.69) is 5.10 Å². The van der Waals surface area contributed by atoms with Gasteiger partial charge in [-0.1, -0.05) is 23.2 Å². The van der Waals surface area contributed by atoms with Gasteiger partial charge in [0, 0.05) is 31.0 Å². The number of rotatable bonds is 3. The van der Waals surface area contributed by atoms with E-state index < -0.39 is 27.2 Å². The lowest BCUT2D eigenvalue weighted by Crippen LogP contribution is -1.99. The monoisotopic (exact) mass is 351 g/mol. The van der Waals surface area contributed by atoms with E-state index in [1.807, 2.05) is 0 Å². The topological polar surface area (TPSA) is 78.0 Å². The second-order valence-corrected chi connectivity index (χ2v) is 6.17. The van der Waals surface area contributed by atoms with Crippen LogP contribution in [0, 0.1) is 15.9 Å². The molecule has 2 aromatic rings. The maximum Gasteiger partial charge on any atom is 0.288 e. The highest BCUT2D eigenvalue weighted by Crippen LogP contribution is 2.37. The molecule has 0 saturated heterocycles. The van der Waals surface area contributed by atoms with Gasteiger partial charge in [0.25, 0.3) is 5.69 Å². The molecule has 0 N–H and O–H groups in total. The molecule has 6 nitrogen and oxygen atoms in total. The molecule has 0 fully saturated rings. The maximum absolute atomic E-state index is 14.0. The van der Waals surface area contributed by atoms with Crippen LogP contribution >= 0.6 is 23.2 Å². The van der Waals surface area contributed by atoms with Crippen molar-refractivity contribution in [3.63, 3.8) is 0 Å². The summed E-state index contributed by atoms with van der Waals surface area (Å²) >= 11 is 11.7. The Labute approximate surface area is 131 Å². The van der Waals surface area contributed by atoms with E-state index in [4.69, 9.17) is 23.2 Å². The Kier molecular flexibility index (Phi) is 4.31. The molecule has 0 bridgehead atoms. The van der Waals surface area contributed by atoms with Crippen LogP contribution < -0.4 is 0 Å². The summed E-state index contributed by atoms with van der Waals surface area (Å²) in [5, 5.41) is 14.7. The summed E-state index contributed by atoms with van der Waals surface area (Å²) in [7, 11) is 0.0503. The van der Waals surface area contributed by atoms with Crippen LogP contribution in [0.4, 0.5) is 10.1 Å². The molecular weight excluding hydrogens is 344 g/mol. The average molecular weight is 352 g/mol. The van der Waals surface area contributed by atoms with Crippen molar-refractivity contribution in [1.29, 1.82) is 0 Å². The van der Waals surface area contributed by atoms with E-state index in [1.54, 1.807) is 0 Å². The normalized spacial score (nSPS) is 12.4. The van der Waals surface area contributed by atoms with Gasteiger partial charge in [-0.15, -0.1) is 0 Å². The van der Waals surface area contributed by atoms with Crippen LogP contribution in [0.5, 0.6) is 0 Å². The van der Waals surface area contributed by atoms with Gasteiger partial charge in [-0.25, -0.2) is 4.39 Å². The van der Waals surface area contributed by atoms with E-state index >= 15 is 0 Å². The quantitative estimate of drug-likeness (QED) is 0.628. The van der Waals surface area contributed by atoms with E-state index in [-0.39, 0.29) is 26.3 Å². The lowest BCUT2D eigenvalue weighted by atomic mass is 10.1. The SMILES string of the molecule is Cn1nc(-c2cc([N+](=O)[O-])c(Cl)cc2F)c(Cl)c1S(C)=O. The van der Waals surface area contributed by atoms with Gasteiger partial charge in [0.15, 0.2) is 0 Å². The van der Waals surface area contributed by atoms with Crippen LogP contribution in [0.3, 0.4) is 0 Å². The molecule has 0 aliphatic carbocycles. The molecule has 0 saturated carbocycles. The van der Waals surface area contributed by atoms with E-state index in [1.165, 1.54) is 18.0 Å². The van der Waals surface area contributed by atoms with Gasteiger partial charge in [-0.2, -0.15) is 5.10 Å². The second-order valence-electron chi connectivity index (χ2n) is 4.09. The molecule has 112 valence electrons. The average Bonchev–Trinajstić information content (AvgIpc) is 2.64. The summed E-state index contributed by atoms with van der Waals surface area (Å²) in [4.78, 5) is 10.1. The number of aromatic nitrogens is 2. The van der Waals surface area contributed by atoms with Gasteiger partial charge in [0.1, 0.15) is 26.6 Å². The van der Waals surface area contributed by atoms with Crippen LogP contribution in [0.25, 0.3) is 11.3 Å². The summed E-state index contributed by atoms with van der Waals surface area (Å²) < 4.78 is 26.8. The number of halogens is 3. The van der Waals surface area contributed by atoms with Crippen LogP contribution in [-0.2, 0) is 17.8 Å². The second kappa shape index (κ2) is 5.70. The van der Waals surface area contributed by atoms with Gasteiger partial charge < -0.3 is 0 Å². The van der Waals surface area contributed by atoms with Crippen LogP contribution in [0.15, 0.2) is 17.2 Å². The number of benzene rings is 1. The molecular formula is C11H8Cl2FN3O3S. The Morgan fingerprint density at radius 3 is 2.52 bits per heavy atom. The zero-order chi connectivity index (χ0) is 15.9. The maximum atomic E-state index is 14.0. The van der Waals surface area contributed by atoms with Crippen molar-refractivity contribution < 1.29 is 13.5 Å². The summed E-state index contributed by atoms with van der Waals surface area (Å²) in [6, 6.07) is 1.77. The summed E-state index contributed by atoms with van der Waals surface area (Å²) in [5.74, 6) is -0.806. The first-order valence-electron chi connectivity index (χ1n) is 5.43. The fraction of sp³-hybridized carbons (Fsp3) is 0.182. The molecule has 1 heterocycles. The van der Waals surface area contributed by atoms with Crippen molar-refractivity contribution in [3.8, 4) is 11.3 Å². The van der Waals surface area contributed by atoms with Crippen molar-refractivity contribution in [1.82, 2.24) is 9.78 Å². The van der Waals surface area contributed by atoms with Crippen molar-refractivity contribution in [2.75, 3.05) is 6.26 Å². The minimum Gasteiger partial charge on any atom is -0.258 e. The largest absolute Gasteiger partial charge is 0.288 e. The zero-order valence-corrected chi connectivity index (χ0v) is 13.1. The predicted molar refractivity (Wildman–Crippen MR) is 77.6 cm³/mol. The molecule has 0 spiro atoms. The first-order chi connectivity index (χ1) is 9.73. The Morgan fingerprint density at radius 1 is 1.43 bits per heavy atom. The first kappa shape index (κ1) is 15.9. The molecule has 2 rings (SSSR count). The fourth-order valence-corrected chi connectivity index (χ4v) is 3.40. The van der Waals surface area contributed by atoms with Crippen molar-refractivity contribution in [2.24, 2.45) is 7.05 Å². The molecule has 10 heteroatoms. The third-order valence-electron chi connectivity index (χ3n) is 2.70. The number of hydrogen-bond donors (Lipinski definition) is 0. The van der Waals surface area contributed by atoms with Crippen molar-refractivity contribution in [3.05, 3.63) is 38.1 Å². The summed E-state index contributed by atoms with van der Waals surface area (Å²) in [5.41, 5.74) is -0.668. The van der Waals surface area contributed by atoms with E-state index in [0.717, 1.165) is 12.1 Å². The van der Waals surface area contributed by atoms with E-state index in [0.29, 0.717) is 0 Å². The smallest absolute Gasteiger partial charge is 0.258 e. The Hall–Kier alpha value is -1.51. The predicted octanol–water partition coefficient (Wildman–Crippen LogP) is 3.18. The Morgan fingerprint density at radius 2 is 2.05 bits per heavy atom. The first-order valence-corrected chi connectivity index (χ1v) is 7.75. The van der Waals surface area contributed by atoms with E-state index in [9.17, 15) is 18.7 Å². The third kappa shape index (κ3) is 2.78. The highest BCUT2D eigenvalue weighted by atomic mass is 35.5. The minimum absolute atomic E-state index is 0.0196. The minimum atomic E-state index is -1.44. The number of aryl methyl sites for hydroxylation is 1. The Bertz CT molecular complexity index is 779. The lowest BCUT2D eigenvalue weighted by Gasteiger charge is -2.02. The molecule has 1 atom stereocenters. The van der Waals surface area contributed by atoms with Crippen molar-refractivity contribution >= 4 is 39.7 Å². The molecule has 1 aromatic carbocycles. The van der Waals surface area contributed by atoms with Gasteiger partial charge in [-0.05, 0) is 0 Å². The number of hydrogen-bond acceptors (Lipinski definition) is 4. The zero-order valence-electron chi connectivity index (χ0n) is 10.8. The van der Waals surface area contributed by atoms with Crippen LogP contribution in [0.2, 0.25) is 10.0 Å². The third-order valence-corrected chi connectivity index (χ3v) is 4.49. The highest BCUT2D eigenvalue weighted by molar-refractivity contribution is 7.84. The van der Waals surface area contributed by atoms with Gasteiger partial charge in [0.05, 0.1) is 15.7 Å². The van der Waals surface area contributed by atoms with Gasteiger partial charge >= 0.3 is 0 Å². The Balaban J connectivity index is 2.73. The standard InChI is InChI=1S/C11H8Cl2FN3O3S/c1-16-11(21(2)20)9(13)10(15-16)5-3-8(17(18)19)6(12)4-7(5)14/h3-4H,1-2H3. The number of nitro benzene ring substituents is 1. The lowest BCUT2D eigenvalue weighted by molar-refractivity contribution is -0.384. The molecule has 0 radical (unpaired) electrons. The molecule has 0 aliphatic rings. The molecule has 0 aliphatic heterocycles. The summed E-state index contributed by atoms with van der Waals surface area (Å²) in [6.07, 6.45) is 1.40. The number of nitrogens with zero attached hydrogens (tertiary/aromatic N) is 3. The molecule has 21 heavy (non-hydrogen) atoms. The molecule has 1 unspecified atom stereocenters. The summed E-state index contributed by atoms with van der Waals surface area (Å²) in [6.45, 7) is 0.